The van der Waals surface area contributed by atoms with E-state index in [0.29, 0.717) is 0 Å². The van der Waals surface area contributed by atoms with E-state index in [1.54, 1.807) is 0 Å². The lowest BCUT2D eigenvalue weighted by Crippen LogP contribution is -2.42. The van der Waals surface area contributed by atoms with Crippen LogP contribution in [-0.2, 0) is 4.79 Å². The molecule has 0 spiro atoms. The molecule has 0 bridgehead atoms. The summed E-state index contributed by atoms with van der Waals surface area (Å²) in [6.07, 6.45) is 0. The first-order valence-electron chi connectivity index (χ1n) is 6.40. The van der Waals surface area contributed by atoms with Crippen molar-refractivity contribution < 1.29 is 10.0 Å². The van der Waals surface area contributed by atoms with Crippen molar-refractivity contribution in [2.45, 2.75) is 26.8 Å². The minimum atomic E-state index is -0.641. The summed E-state index contributed by atoms with van der Waals surface area (Å²) in [5, 5.41) is 14.6. The van der Waals surface area contributed by atoms with E-state index < -0.39 is 5.92 Å². The lowest BCUT2D eigenvalue weighted by atomic mass is 9.93. The number of nitrogens with zero attached hydrogens (tertiary/aromatic N) is 1. The molecule has 1 rings (SSSR count). The first-order chi connectivity index (χ1) is 9.36. The van der Waals surface area contributed by atoms with Crippen molar-refractivity contribution in [3.05, 3.63) is 34.3 Å². The summed E-state index contributed by atoms with van der Waals surface area (Å²) in [6, 6.07) is 7.55. The number of amidine groups is 1. The number of nitrogens with two attached hydrogens (primary N) is 1. The highest BCUT2D eigenvalue weighted by Gasteiger charge is 2.27. The highest BCUT2D eigenvalue weighted by Crippen LogP contribution is 2.18. The van der Waals surface area contributed by atoms with Gasteiger partial charge in [-0.05, 0) is 30.5 Å². The molecule has 1 aromatic carbocycles. The van der Waals surface area contributed by atoms with Crippen LogP contribution in [0.3, 0.4) is 0 Å². The number of hydrogen-bond acceptors (Lipinski definition) is 3. The molecule has 1 aromatic rings. The van der Waals surface area contributed by atoms with Crippen molar-refractivity contribution in [3.8, 4) is 0 Å². The fourth-order valence-corrected chi connectivity index (χ4v) is 2.24. The topological polar surface area (TPSA) is 87.7 Å². The first kappa shape index (κ1) is 16.5. The molecule has 1 amide bonds. The van der Waals surface area contributed by atoms with Crippen LogP contribution in [0.5, 0.6) is 0 Å². The van der Waals surface area contributed by atoms with E-state index in [9.17, 15) is 4.79 Å². The summed E-state index contributed by atoms with van der Waals surface area (Å²) in [5.41, 5.74) is 6.58. The molecular formula is C14H20BrN3O2. The molecule has 0 saturated carbocycles. The van der Waals surface area contributed by atoms with Gasteiger partial charge >= 0.3 is 0 Å². The quantitative estimate of drug-likeness (QED) is 0.333. The van der Waals surface area contributed by atoms with Crippen LogP contribution in [-0.4, -0.2) is 17.0 Å². The zero-order valence-corrected chi connectivity index (χ0v) is 13.4. The Morgan fingerprint density at radius 3 is 2.30 bits per heavy atom. The van der Waals surface area contributed by atoms with Gasteiger partial charge in [0.15, 0.2) is 5.84 Å². The average molecular weight is 342 g/mol. The van der Waals surface area contributed by atoms with Gasteiger partial charge in [0.05, 0.1) is 6.04 Å². The van der Waals surface area contributed by atoms with Crippen LogP contribution in [0.1, 0.15) is 32.4 Å². The van der Waals surface area contributed by atoms with Crippen molar-refractivity contribution >= 4 is 27.7 Å². The third kappa shape index (κ3) is 4.23. The van der Waals surface area contributed by atoms with Gasteiger partial charge in [0, 0.05) is 4.47 Å². The van der Waals surface area contributed by atoms with E-state index in [4.69, 9.17) is 10.9 Å². The fraction of sp³-hybridized carbons (Fsp3) is 0.429. The molecule has 5 nitrogen and oxygen atoms in total. The predicted octanol–water partition coefficient (Wildman–Crippen LogP) is 2.64. The molecular weight excluding hydrogens is 322 g/mol. The van der Waals surface area contributed by atoms with Gasteiger partial charge in [-0.1, -0.05) is 47.1 Å². The number of halogens is 1. The standard InChI is InChI=1S/C14H20BrN3O2/c1-8(2)12(13(16)18-20)14(19)17-9(3)10-4-6-11(15)7-5-10/h4-9,12,20H,1-3H3,(H2,16,18)(H,17,19). The van der Waals surface area contributed by atoms with Crippen LogP contribution >= 0.6 is 15.9 Å². The van der Waals surface area contributed by atoms with E-state index in [-0.39, 0.29) is 23.7 Å². The second-order valence-corrected chi connectivity index (χ2v) is 5.94. The van der Waals surface area contributed by atoms with E-state index in [1.807, 2.05) is 45.0 Å². The summed E-state index contributed by atoms with van der Waals surface area (Å²) < 4.78 is 0.983. The molecule has 4 N–H and O–H groups in total. The molecule has 0 fully saturated rings. The number of oxime groups is 1. The lowest BCUT2D eigenvalue weighted by Gasteiger charge is -2.22. The maximum absolute atomic E-state index is 12.2. The Morgan fingerprint density at radius 2 is 1.85 bits per heavy atom. The number of amides is 1. The summed E-state index contributed by atoms with van der Waals surface area (Å²) in [4.78, 5) is 12.2. The van der Waals surface area contributed by atoms with Gasteiger partial charge in [0.2, 0.25) is 5.91 Å². The molecule has 0 aliphatic heterocycles. The van der Waals surface area contributed by atoms with Gasteiger partial charge in [0.1, 0.15) is 5.92 Å². The lowest BCUT2D eigenvalue weighted by molar-refractivity contribution is -0.124. The molecule has 110 valence electrons. The summed E-state index contributed by atoms with van der Waals surface area (Å²) in [7, 11) is 0. The van der Waals surface area contributed by atoms with E-state index in [2.05, 4.69) is 26.4 Å². The zero-order chi connectivity index (χ0) is 15.3. The third-order valence-corrected chi connectivity index (χ3v) is 3.64. The molecule has 0 aliphatic rings. The largest absolute Gasteiger partial charge is 0.409 e. The third-order valence-electron chi connectivity index (χ3n) is 3.11. The molecule has 2 atom stereocenters. The average Bonchev–Trinajstić information content (AvgIpc) is 2.38. The molecule has 0 aliphatic carbocycles. The predicted molar refractivity (Wildman–Crippen MR) is 82.4 cm³/mol. The Morgan fingerprint density at radius 1 is 1.30 bits per heavy atom. The zero-order valence-electron chi connectivity index (χ0n) is 11.8. The van der Waals surface area contributed by atoms with Gasteiger partial charge in [-0.3, -0.25) is 4.79 Å². The molecule has 0 aromatic heterocycles. The van der Waals surface area contributed by atoms with Crippen LogP contribution in [0, 0.1) is 11.8 Å². The van der Waals surface area contributed by atoms with Crippen LogP contribution in [0.15, 0.2) is 33.9 Å². The Kier molecular flexibility index (Phi) is 6.01. The second-order valence-electron chi connectivity index (χ2n) is 5.03. The van der Waals surface area contributed by atoms with E-state index in [0.717, 1.165) is 10.0 Å². The van der Waals surface area contributed by atoms with Crippen molar-refractivity contribution in [1.82, 2.24) is 5.32 Å². The molecule has 2 unspecified atom stereocenters. The molecule has 0 heterocycles. The number of carbonyl (C=O) groups excluding carboxylic acids is 1. The number of nitrogens with one attached hydrogen (secondary N) is 1. The van der Waals surface area contributed by atoms with Crippen molar-refractivity contribution in [2.24, 2.45) is 22.7 Å². The van der Waals surface area contributed by atoms with Crippen molar-refractivity contribution in [2.75, 3.05) is 0 Å². The van der Waals surface area contributed by atoms with Crippen molar-refractivity contribution in [1.29, 1.82) is 0 Å². The van der Waals surface area contributed by atoms with Gasteiger partial charge < -0.3 is 16.3 Å². The minimum absolute atomic E-state index is 0.0528. The SMILES string of the molecule is CC(NC(=O)C(C(N)=NO)C(C)C)c1ccc(Br)cc1. The van der Waals surface area contributed by atoms with Gasteiger partial charge in [-0.2, -0.15) is 0 Å². The normalized spacial score (nSPS) is 14.9. The maximum atomic E-state index is 12.2. The fourth-order valence-electron chi connectivity index (χ4n) is 1.98. The molecule has 0 radical (unpaired) electrons. The summed E-state index contributed by atoms with van der Waals surface area (Å²) in [6.45, 7) is 5.60. The molecule has 20 heavy (non-hydrogen) atoms. The van der Waals surface area contributed by atoms with Crippen molar-refractivity contribution in [3.63, 3.8) is 0 Å². The number of benzene rings is 1. The number of carbonyl (C=O) groups is 1. The number of hydrogen-bond donors (Lipinski definition) is 3. The van der Waals surface area contributed by atoms with E-state index >= 15 is 0 Å². The van der Waals surface area contributed by atoms with Crippen LogP contribution in [0.2, 0.25) is 0 Å². The summed E-state index contributed by atoms with van der Waals surface area (Å²) in [5.74, 6) is -1.01. The highest BCUT2D eigenvalue weighted by molar-refractivity contribution is 9.10. The monoisotopic (exact) mass is 341 g/mol. The second kappa shape index (κ2) is 7.28. The minimum Gasteiger partial charge on any atom is -0.409 e. The Hall–Kier alpha value is -1.56. The van der Waals surface area contributed by atoms with E-state index in [1.165, 1.54) is 0 Å². The number of rotatable bonds is 5. The van der Waals surface area contributed by atoms with Gasteiger partial charge in [-0.25, -0.2) is 0 Å². The van der Waals surface area contributed by atoms with Crippen LogP contribution in [0.4, 0.5) is 0 Å². The smallest absolute Gasteiger partial charge is 0.231 e. The first-order valence-corrected chi connectivity index (χ1v) is 7.19. The Balaban J connectivity index is 2.80. The Bertz CT molecular complexity index is 486. The van der Waals surface area contributed by atoms with Gasteiger partial charge in [0.25, 0.3) is 0 Å². The van der Waals surface area contributed by atoms with Crippen LogP contribution in [0.25, 0.3) is 0 Å². The molecule has 0 saturated heterocycles. The van der Waals surface area contributed by atoms with Gasteiger partial charge in [-0.15, -0.1) is 0 Å². The Labute approximate surface area is 127 Å². The molecule has 6 heteroatoms. The summed E-state index contributed by atoms with van der Waals surface area (Å²) >= 11 is 3.37. The van der Waals surface area contributed by atoms with Crippen LogP contribution < -0.4 is 11.1 Å². The highest BCUT2D eigenvalue weighted by atomic mass is 79.9. The maximum Gasteiger partial charge on any atom is 0.231 e.